The van der Waals surface area contributed by atoms with Gasteiger partial charge in [-0.1, -0.05) is 6.07 Å². The quantitative estimate of drug-likeness (QED) is 0.885. The summed E-state index contributed by atoms with van der Waals surface area (Å²) in [5.41, 5.74) is 8.20. The van der Waals surface area contributed by atoms with Crippen molar-refractivity contribution in [2.45, 2.75) is 51.9 Å². The summed E-state index contributed by atoms with van der Waals surface area (Å²) in [5, 5.41) is 3.00. The van der Waals surface area contributed by atoms with E-state index in [1.165, 1.54) is 0 Å². The number of likely N-dealkylation sites (tertiary alicyclic amines) is 1. The van der Waals surface area contributed by atoms with Gasteiger partial charge in [-0.25, -0.2) is 4.98 Å². The second-order valence-electron chi connectivity index (χ2n) is 6.67. The number of imidazole rings is 1. The van der Waals surface area contributed by atoms with Gasteiger partial charge in [-0.3, -0.25) is 9.69 Å². The van der Waals surface area contributed by atoms with Crippen molar-refractivity contribution in [2.24, 2.45) is 5.73 Å². The lowest BCUT2D eigenvalue weighted by atomic mass is 10.1. The largest absolute Gasteiger partial charge is 0.353 e. The van der Waals surface area contributed by atoms with E-state index in [1.54, 1.807) is 0 Å². The number of amides is 1. The SMILES string of the molecule is Cc1nc(CN2C[C@@H](N)C[C@H]2C(=O)NC(C)C)c2ccccn12. The number of fused-ring (bicyclic) bond motifs is 1. The molecule has 0 saturated carbocycles. The molecule has 3 N–H and O–H groups in total. The Morgan fingerprint density at radius 2 is 2.26 bits per heavy atom. The fourth-order valence-electron chi connectivity index (χ4n) is 3.34. The third-order valence-electron chi connectivity index (χ3n) is 4.32. The molecule has 0 radical (unpaired) electrons. The first-order valence-corrected chi connectivity index (χ1v) is 8.18. The number of aryl methyl sites for hydroxylation is 1. The minimum absolute atomic E-state index is 0.0351. The Balaban J connectivity index is 1.83. The second-order valence-corrected chi connectivity index (χ2v) is 6.67. The van der Waals surface area contributed by atoms with Gasteiger partial charge in [0.25, 0.3) is 0 Å². The monoisotopic (exact) mass is 315 g/mol. The van der Waals surface area contributed by atoms with Gasteiger partial charge in [0.05, 0.1) is 17.3 Å². The number of hydrogen-bond acceptors (Lipinski definition) is 4. The molecule has 23 heavy (non-hydrogen) atoms. The van der Waals surface area contributed by atoms with E-state index in [1.807, 2.05) is 39.1 Å². The van der Waals surface area contributed by atoms with Gasteiger partial charge in [0.1, 0.15) is 5.82 Å². The average molecular weight is 315 g/mol. The van der Waals surface area contributed by atoms with Crippen LogP contribution in [0.1, 0.15) is 31.8 Å². The van der Waals surface area contributed by atoms with Gasteiger partial charge >= 0.3 is 0 Å². The highest BCUT2D eigenvalue weighted by Gasteiger charge is 2.35. The number of nitrogens with two attached hydrogens (primary N) is 1. The van der Waals surface area contributed by atoms with E-state index in [0.29, 0.717) is 13.0 Å². The van der Waals surface area contributed by atoms with Gasteiger partial charge in [-0.15, -0.1) is 0 Å². The van der Waals surface area contributed by atoms with Crippen LogP contribution in [0, 0.1) is 6.92 Å². The van der Waals surface area contributed by atoms with E-state index in [0.717, 1.165) is 23.6 Å². The fourth-order valence-corrected chi connectivity index (χ4v) is 3.34. The lowest BCUT2D eigenvalue weighted by molar-refractivity contribution is -0.126. The zero-order chi connectivity index (χ0) is 16.6. The summed E-state index contributed by atoms with van der Waals surface area (Å²) in [5.74, 6) is 1.02. The Kier molecular flexibility index (Phi) is 4.37. The Morgan fingerprint density at radius 1 is 1.48 bits per heavy atom. The molecule has 0 unspecified atom stereocenters. The molecule has 3 heterocycles. The van der Waals surface area contributed by atoms with Crippen LogP contribution < -0.4 is 11.1 Å². The summed E-state index contributed by atoms with van der Waals surface area (Å²) in [4.78, 5) is 19.3. The van der Waals surface area contributed by atoms with E-state index in [9.17, 15) is 4.79 Å². The number of nitrogens with one attached hydrogen (secondary N) is 1. The summed E-state index contributed by atoms with van der Waals surface area (Å²) >= 11 is 0. The van der Waals surface area contributed by atoms with Crippen LogP contribution in [0.4, 0.5) is 0 Å². The number of rotatable bonds is 4. The molecule has 0 aromatic carbocycles. The number of carbonyl (C=O) groups excluding carboxylic acids is 1. The van der Waals surface area contributed by atoms with Crippen molar-refractivity contribution < 1.29 is 4.79 Å². The first-order valence-electron chi connectivity index (χ1n) is 8.18. The minimum atomic E-state index is -0.173. The molecule has 0 bridgehead atoms. The number of aromatic nitrogens is 2. The molecule has 6 nitrogen and oxygen atoms in total. The van der Waals surface area contributed by atoms with Crippen LogP contribution >= 0.6 is 0 Å². The van der Waals surface area contributed by atoms with Crippen molar-refractivity contribution in [1.82, 2.24) is 19.6 Å². The zero-order valence-corrected chi connectivity index (χ0v) is 14.0. The van der Waals surface area contributed by atoms with E-state index in [-0.39, 0.29) is 24.0 Å². The fraction of sp³-hybridized carbons (Fsp3) is 0.529. The van der Waals surface area contributed by atoms with Gasteiger partial charge in [0.2, 0.25) is 5.91 Å². The first-order chi connectivity index (χ1) is 11.0. The molecule has 2 aromatic heterocycles. The van der Waals surface area contributed by atoms with Crippen molar-refractivity contribution in [2.75, 3.05) is 6.54 Å². The molecular weight excluding hydrogens is 290 g/mol. The third kappa shape index (κ3) is 3.23. The van der Waals surface area contributed by atoms with Crippen LogP contribution in [0.3, 0.4) is 0 Å². The van der Waals surface area contributed by atoms with Crippen LogP contribution in [0.2, 0.25) is 0 Å². The summed E-state index contributed by atoms with van der Waals surface area (Å²) in [6, 6.07) is 6.07. The highest BCUT2D eigenvalue weighted by atomic mass is 16.2. The highest BCUT2D eigenvalue weighted by Crippen LogP contribution is 2.22. The topological polar surface area (TPSA) is 75.7 Å². The van der Waals surface area contributed by atoms with Gasteiger partial charge in [-0.2, -0.15) is 0 Å². The maximum atomic E-state index is 12.4. The van der Waals surface area contributed by atoms with Crippen molar-refractivity contribution in [3.05, 3.63) is 35.9 Å². The smallest absolute Gasteiger partial charge is 0.237 e. The summed E-state index contributed by atoms with van der Waals surface area (Å²) in [7, 11) is 0. The second kappa shape index (κ2) is 6.29. The summed E-state index contributed by atoms with van der Waals surface area (Å²) in [6.07, 6.45) is 2.71. The van der Waals surface area contributed by atoms with Gasteiger partial charge in [0.15, 0.2) is 0 Å². The van der Waals surface area contributed by atoms with Crippen LogP contribution in [0.5, 0.6) is 0 Å². The van der Waals surface area contributed by atoms with E-state index < -0.39 is 0 Å². The third-order valence-corrected chi connectivity index (χ3v) is 4.32. The number of nitrogens with zero attached hydrogens (tertiary/aromatic N) is 3. The minimum Gasteiger partial charge on any atom is -0.353 e. The van der Waals surface area contributed by atoms with E-state index in [2.05, 4.69) is 25.7 Å². The molecule has 3 rings (SSSR count). The Morgan fingerprint density at radius 3 is 3.00 bits per heavy atom. The molecule has 1 fully saturated rings. The number of pyridine rings is 1. The first kappa shape index (κ1) is 16.0. The molecule has 2 aromatic rings. The van der Waals surface area contributed by atoms with Crippen molar-refractivity contribution in [3.63, 3.8) is 0 Å². The van der Waals surface area contributed by atoms with Crippen molar-refractivity contribution >= 4 is 11.4 Å². The van der Waals surface area contributed by atoms with E-state index >= 15 is 0 Å². The van der Waals surface area contributed by atoms with Crippen LogP contribution in [0.15, 0.2) is 24.4 Å². The molecule has 1 aliphatic heterocycles. The maximum Gasteiger partial charge on any atom is 0.237 e. The average Bonchev–Trinajstić information content (AvgIpc) is 3.00. The van der Waals surface area contributed by atoms with Crippen LogP contribution in [0.25, 0.3) is 5.52 Å². The summed E-state index contributed by atoms with van der Waals surface area (Å²) < 4.78 is 2.08. The Bertz CT molecular complexity index is 708. The molecule has 2 atom stereocenters. The van der Waals surface area contributed by atoms with Gasteiger partial charge < -0.3 is 15.5 Å². The zero-order valence-electron chi connectivity index (χ0n) is 14.0. The van der Waals surface area contributed by atoms with Crippen molar-refractivity contribution in [1.29, 1.82) is 0 Å². The van der Waals surface area contributed by atoms with Crippen LogP contribution in [-0.4, -0.2) is 44.9 Å². The number of hydrogen-bond donors (Lipinski definition) is 2. The molecule has 1 amide bonds. The molecule has 124 valence electrons. The van der Waals surface area contributed by atoms with Crippen LogP contribution in [-0.2, 0) is 11.3 Å². The lowest BCUT2D eigenvalue weighted by Crippen LogP contribution is -2.45. The maximum absolute atomic E-state index is 12.4. The summed E-state index contributed by atoms with van der Waals surface area (Å²) in [6.45, 7) is 7.31. The van der Waals surface area contributed by atoms with Crippen molar-refractivity contribution in [3.8, 4) is 0 Å². The predicted molar refractivity (Wildman–Crippen MR) is 90.0 cm³/mol. The van der Waals surface area contributed by atoms with Gasteiger partial charge in [0, 0.05) is 31.4 Å². The molecule has 1 aliphatic rings. The standard InChI is InChI=1S/C17H25N5O/c1-11(2)19-17(23)16-8-13(18)9-21(16)10-14-15-6-4-5-7-22(15)12(3)20-14/h4-7,11,13,16H,8-10,18H2,1-3H3,(H,19,23)/t13-,16-/m0/s1. The molecule has 1 saturated heterocycles. The Hall–Kier alpha value is -1.92. The highest BCUT2D eigenvalue weighted by molar-refractivity contribution is 5.82. The molecule has 0 spiro atoms. The predicted octanol–water partition coefficient (Wildman–Crippen LogP) is 1.07. The molecule has 6 heteroatoms. The Labute approximate surface area is 136 Å². The lowest BCUT2D eigenvalue weighted by Gasteiger charge is -2.23. The van der Waals surface area contributed by atoms with Gasteiger partial charge in [-0.05, 0) is 39.3 Å². The normalized spacial score (nSPS) is 22.1. The molecule has 0 aliphatic carbocycles. The van der Waals surface area contributed by atoms with E-state index in [4.69, 9.17) is 5.73 Å². The molecular formula is C17H25N5O. The number of carbonyl (C=O) groups is 1.